The number of carbonyl (C=O) groups is 2. The molecular weight excluding hydrogens is 272 g/mol. The minimum atomic E-state index is -0.852. The third-order valence-corrected chi connectivity index (χ3v) is 5.18. The number of aliphatic carboxylic acids is 1. The lowest BCUT2D eigenvalue weighted by atomic mass is 9.48. The number of carbonyl (C=O) groups excluding carboxylic acids is 1. The highest BCUT2D eigenvalue weighted by atomic mass is 16.5. The predicted octanol–water partition coefficient (Wildman–Crippen LogP) is 0.890. The maximum Gasteiger partial charge on any atom is 0.303 e. The van der Waals surface area contributed by atoms with Gasteiger partial charge in [-0.05, 0) is 19.3 Å². The van der Waals surface area contributed by atoms with Crippen LogP contribution in [0.25, 0.3) is 0 Å². The number of carboxylic acid groups (broad SMARTS) is 1. The van der Waals surface area contributed by atoms with Crippen LogP contribution in [0.15, 0.2) is 0 Å². The second-order valence-corrected chi connectivity index (χ2v) is 6.74. The molecule has 21 heavy (non-hydrogen) atoms. The van der Waals surface area contributed by atoms with Crippen LogP contribution in [-0.2, 0) is 14.3 Å². The Bertz CT molecular complexity index is 424. The van der Waals surface area contributed by atoms with Crippen LogP contribution in [0.2, 0.25) is 0 Å². The van der Waals surface area contributed by atoms with Crippen molar-refractivity contribution in [3.8, 4) is 0 Å². The van der Waals surface area contributed by atoms with Crippen LogP contribution in [0, 0.1) is 11.3 Å². The Morgan fingerprint density at radius 3 is 2.71 bits per heavy atom. The van der Waals surface area contributed by atoms with Gasteiger partial charge in [-0.25, -0.2) is 0 Å². The molecule has 2 rings (SSSR count). The van der Waals surface area contributed by atoms with Crippen LogP contribution in [0.5, 0.6) is 0 Å². The number of carboxylic acids is 1. The van der Waals surface area contributed by atoms with Gasteiger partial charge in [-0.15, -0.1) is 0 Å². The summed E-state index contributed by atoms with van der Waals surface area (Å²) in [5.74, 6) is -0.763. The summed E-state index contributed by atoms with van der Waals surface area (Å²) < 4.78 is 5.68. The fraction of sp³-hybridized carbons (Fsp3) is 0.867. The second kappa shape index (κ2) is 5.93. The summed E-state index contributed by atoms with van der Waals surface area (Å²) in [6.45, 7) is 5.21. The number of ether oxygens (including phenoxy) is 1. The van der Waals surface area contributed by atoms with Crippen molar-refractivity contribution in [1.82, 2.24) is 5.32 Å². The number of unbranched alkanes of at least 4 members (excludes halogenated alkanes) is 2. The topological polar surface area (TPSA) is 102 Å². The van der Waals surface area contributed by atoms with Gasteiger partial charge in [0.1, 0.15) is 5.54 Å². The van der Waals surface area contributed by atoms with Crippen LogP contribution in [0.4, 0.5) is 0 Å². The first kappa shape index (κ1) is 16.2. The quantitative estimate of drug-likeness (QED) is 0.606. The van der Waals surface area contributed by atoms with E-state index in [1.54, 1.807) is 0 Å². The molecule has 0 bridgehead atoms. The number of nitrogens with one attached hydrogen (secondary N) is 1. The lowest BCUT2D eigenvalue weighted by molar-refractivity contribution is -0.175. The van der Waals surface area contributed by atoms with E-state index in [2.05, 4.69) is 5.32 Å². The van der Waals surface area contributed by atoms with Crippen molar-refractivity contribution in [2.24, 2.45) is 17.1 Å². The summed E-state index contributed by atoms with van der Waals surface area (Å²) in [6.07, 6.45) is 3.33. The van der Waals surface area contributed by atoms with Crippen molar-refractivity contribution < 1.29 is 19.4 Å². The summed E-state index contributed by atoms with van der Waals surface area (Å²) in [5, 5.41) is 11.5. The number of nitrogens with two attached hydrogens (primary N) is 1. The fourth-order valence-electron chi connectivity index (χ4n) is 3.77. The fourth-order valence-corrected chi connectivity index (χ4v) is 3.77. The number of fused-ring (bicyclic) bond motifs is 1. The van der Waals surface area contributed by atoms with Gasteiger partial charge in [0.25, 0.3) is 0 Å². The monoisotopic (exact) mass is 298 g/mol. The Morgan fingerprint density at radius 2 is 2.05 bits per heavy atom. The standard InChI is InChI=1S/C15H26N2O4/c1-14(2)12-10(7-9-21-12)15(14,16)13(20)17-8-5-3-4-6-11(18)19/h10,12H,3-9,16H2,1-2H3,(H,17,20)(H,18,19). The van der Waals surface area contributed by atoms with Gasteiger partial charge in [0.2, 0.25) is 5.91 Å². The van der Waals surface area contributed by atoms with Crippen LogP contribution in [0.1, 0.15) is 46.0 Å². The molecule has 3 atom stereocenters. The Hall–Kier alpha value is -1.14. The maximum atomic E-state index is 12.5. The maximum absolute atomic E-state index is 12.5. The highest BCUT2D eigenvalue weighted by Crippen LogP contribution is 2.58. The van der Waals surface area contributed by atoms with E-state index in [0.717, 1.165) is 19.3 Å². The molecule has 1 amide bonds. The zero-order valence-electron chi connectivity index (χ0n) is 12.9. The number of hydrogen-bond donors (Lipinski definition) is 3. The van der Waals surface area contributed by atoms with Crippen molar-refractivity contribution >= 4 is 11.9 Å². The summed E-state index contributed by atoms with van der Waals surface area (Å²) in [6, 6.07) is 0. The van der Waals surface area contributed by atoms with Crippen LogP contribution < -0.4 is 11.1 Å². The molecule has 2 fully saturated rings. The van der Waals surface area contributed by atoms with E-state index in [9.17, 15) is 9.59 Å². The molecule has 0 spiro atoms. The number of amides is 1. The van der Waals surface area contributed by atoms with E-state index in [-0.39, 0.29) is 29.8 Å². The van der Waals surface area contributed by atoms with Gasteiger partial charge in [0.15, 0.2) is 0 Å². The minimum absolute atomic E-state index is 0.0869. The SMILES string of the molecule is CC1(C)C2OCCC2C1(N)C(=O)NCCCCCC(=O)O. The van der Waals surface area contributed by atoms with Crippen molar-refractivity contribution in [3.05, 3.63) is 0 Å². The first-order chi connectivity index (χ1) is 9.81. The summed E-state index contributed by atoms with van der Waals surface area (Å²) in [7, 11) is 0. The van der Waals surface area contributed by atoms with Gasteiger partial charge in [-0.1, -0.05) is 20.3 Å². The van der Waals surface area contributed by atoms with Gasteiger partial charge in [-0.2, -0.15) is 0 Å². The lowest BCUT2D eigenvalue weighted by Crippen LogP contribution is -2.80. The van der Waals surface area contributed by atoms with E-state index in [1.807, 2.05) is 13.8 Å². The van der Waals surface area contributed by atoms with Gasteiger partial charge >= 0.3 is 5.97 Å². The van der Waals surface area contributed by atoms with Crippen LogP contribution in [0.3, 0.4) is 0 Å². The molecule has 2 aliphatic rings. The normalized spacial score (nSPS) is 33.1. The Morgan fingerprint density at radius 1 is 1.33 bits per heavy atom. The first-order valence-electron chi connectivity index (χ1n) is 7.72. The van der Waals surface area contributed by atoms with E-state index < -0.39 is 11.5 Å². The average molecular weight is 298 g/mol. The van der Waals surface area contributed by atoms with Crippen LogP contribution >= 0.6 is 0 Å². The molecule has 1 saturated heterocycles. The Labute approximate surface area is 125 Å². The zero-order chi connectivity index (χ0) is 15.7. The lowest BCUT2D eigenvalue weighted by Gasteiger charge is -2.60. The highest BCUT2D eigenvalue weighted by Gasteiger charge is 2.71. The molecule has 6 heteroatoms. The second-order valence-electron chi connectivity index (χ2n) is 6.74. The zero-order valence-corrected chi connectivity index (χ0v) is 12.9. The number of hydrogen-bond acceptors (Lipinski definition) is 4. The molecule has 1 aliphatic heterocycles. The summed E-state index contributed by atoms with van der Waals surface area (Å²) >= 11 is 0. The largest absolute Gasteiger partial charge is 0.481 e. The van der Waals surface area contributed by atoms with E-state index >= 15 is 0 Å². The van der Waals surface area contributed by atoms with E-state index in [1.165, 1.54) is 0 Å². The molecule has 120 valence electrons. The predicted molar refractivity (Wildman–Crippen MR) is 77.7 cm³/mol. The molecule has 1 aliphatic carbocycles. The van der Waals surface area contributed by atoms with Crippen molar-refractivity contribution in [2.75, 3.05) is 13.2 Å². The third-order valence-electron chi connectivity index (χ3n) is 5.18. The Balaban J connectivity index is 1.77. The molecule has 6 nitrogen and oxygen atoms in total. The first-order valence-corrected chi connectivity index (χ1v) is 7.72. The highest BCUT2D eigenvalue weighted by molar-refractivity contribution is 5.89. The van der Waals surface area contributed by atoms with Gasteiger partial charge in [-0.3, -0.25) is 9.59 Å². The van der Waals surface area contributed by atoms with Crippen molar-refractivity contribution in [1.29, 1.82) is 0 Å². The van der Waals surface area contributed by atoms with Gasteiger partial charge in [0.05, 0.1) is 6.10 Å². The molecule has 0 radical (unpaired) electrons. The summed E-state index contributed by atoms with van der Waals surface area (Å²) in [4.78, 5) is 22.9. The van der Waals surface area contributed by atoms with E-state index in [0.29, 0.717) is 19.6 Å². The molecule has 0 aromatic carbocycles. The van der Waals surface area contributed by atoms with E-state index in [4.69, 9.17) is 15.6 Å². The average Bonchev–Trinajstić information content (AvgIpc) is 2.89. The molecular formula is C15H26N2O4. The smallest absolute Gasteiger partial charge is 0.303 e. The molecule has 0 aromatic heterocycles. The molecule has 1 heterocycles. The molecule has 4 N–H and O–H groups in total. The van der Waals surface area contributed by atoms with Gasteiger partial charge < -0.3 is 20.9 Å². The minimum Gasteiger partial charge on any atom is -0.481 e. The van der Waals surface area contributed by atoms with Crippen LogP contribution in [-0.4, -0.2) is 41.8 Å². The Kier molecular flexibility index (Phi) is 4.58. The number of rotatable bonds is 7. The van der Waals surface area contributed by atoms with Gasteiger partial charge in [0, 0.05) is 30.9 Å². The van der Waals surface area contributed by atoms with Crippen molar-refractivity contribution in [2.45, 2.75) is 57.6 Å². The summed E-state index contributed by atoms with van der Waals surface area (Å²) in [5.41, 5.74) is 5.22. The van der Waals surface area contributed by atoms with Crippen molar-refractivity contribution in [3.63, 3.8) is 0 Å². The third kappa shape index (κ3) is 2.66. The molecule has 3 unspecified atom stereocenters. The molecule has 0 aromatic rings. The molecule has 1 saturated carbocycles.